The first-order valence-corrected chi connectivity index (χ1v) is 6.47. The summed E-state index contributed by atoms with van der Waals surface area (Å²) in [5.41, 5.74) is 0.162. The van der Waals surface area contributed by atoms with Crippen molar-refractivity contribution < 1.29 is 19.8 Å². The number of carbonyl (C=O) groups excluding carboxylic acids is 1. The van der Waals surface area contributed by atoms with Crippen LogP contribution in [0.1, 0.15) is 16.8 Å². The van der Waals surface area contributed by atoms with Crippen molar-refractivity contribution in [3.63, 3.8) is 0 Å². The van der Waals surface area contributed by atoms with Crippen LogP contribution in [0.5, 0.6) is 5.75 Å². The molecule has 0 aromatic heterocycles. The van der Waals surface area contributed by atoms with E-state index in [4.69, 9.17) is 5.11 Å². The third-order valence-electron chi connectivity index (χ3n) is 2.92. The second-order valence-corrected chi connectivity index (χ2v) is 5.22. The van der Waals surface area contributed by atoms with E-state index in [-0.39, 0.29) is 17.4 Å². The lowest BCUT2D eigenvalue weighted by molar-refractivity contribution is -0.140. The van der Waals surface area contributed by atoms with Crippen LogP contribution in [-0.4, -0.2) is 28.1 Å². The first-order valence-electron chi connectivity index (χ1n) is 5.68. The van der Waals surface area contributed by atoms with Gasteiger partial charge in [-0.25, -0.2) is 0 Å². The zero-order valence-electron chi connectivity index (χ0n) is 9.84. The van der Waals surface area contributed by atoms with Crippen molar-refractivity contribution in [2.45, 2.75) is 12.5 Å². The lowest BCUT2D eigenvalue weighted by atomic mass is 10.1. The maximum absolute atomic E-state index is 11.9. The van der Waals surface area contributed by atoms with Gasteiger partial charge in [-0.1, -0.05) is 28.1 Å². The van der Waals surface area contributed by atoms with Crippen molar-refractivity contribution in [2.24, 2.45) is 5.92 Å². The molecule has 0 saturated heterocycles. The van der Waals surface area contributed by atoms with E-state index in [0.717, 1.165) is 0 Å². The highest BCUT2D eigenvalue weighted by Gasteiger charge is 2.26. The number of rotatable bonds is 3. The average Bonchev–Trinajstić information content (AvgIpc) is 2.77. The fourth-order valence-electron chi connectivity index (χ4n) is 1.93. The third kappa shape index (κ3) is 3.14. The number of carboxylic acids is 1. The standard InChI is InChI=1S/C13H12BrNO4/c14-8-2-4-10(11(16)6-8)12(17)15-9-3-1-7(5-9)13(18)19/h1-4,6-7,9,16H,5H2,(H,15,17)(H,18,19). The Bertz CT molecular complexity index is 556. The Hall–Kier alpha value is -1.82. The van der Waals surface area contributed by atoms with Crippen molar-refractivity contribution in [1.29, 1.82) is 0 Å². The lowest BCUT2D eigenvalue weighted by Gasteiger charge is -2.13. The van der Waals surface area contributed by atoms with Crippen molar-refractivity contribution in [1.82, 2.24) is 5.32 Å². The molecule has 3 N–H and O–H groups in total. The second-order valence-electron chi connectivity index (χ2n) is 4.31. The molecule has 0 fully saturated rings. The Kier molecular flexibility index (Phi) is 3.90. The molecule has 1 aliphatic carbocycles. The Morgan fingerprint density at radius 1 is 1.32 bits per heavy atom. The van der Waals surface area contributed by atoms with E-state index in [1.807, 2.05) is 0 Å². The molecule has 0 saturated carbocycles. The molecule has 0 radical (unpaired) electrons. The molecule has 100 valence electrons. The molecule has 5 nitrogen and oxygen atoms in total. The van der Waals surface area contributed by atoms with Crippen LogP contribution in [0.2, 0.25) is 0 Å². The summed E-state index contributed by atoms with van der Waals surface area (Å²) >= 11 is 3.19. The molecule has 2 atom stereocenters. The van der Waals surface area contributed by atoms with Gasteiger partial charge < -0.3 is 15.5 Å². The van der Waals surface area contributed by atoms with Crippen LogP contribution in [0.4, 0.5) is 0 Å². The molecule has 1 amide bonds. The number of hydrogen-bond donors (Lipinski definition) is 3. The minimum absolute atomic E-state index is 0.122. The number of amides is 1. The van der Waals surface area contributed by atoms with Crippen molar-refractivity contribution in [3.8, 4) is 5.75 Å². The van der Waals surface area contributed by atoms with Gasteiger partial charge >= 0.3 is 5.97 Å². The highest BCUT2D eigenvalue weighted by Crippen LogP contribution is 2.23. The molecule has 1 aliphatic rings. The van der Waals surface area contributed by atoms with Crippen LogP contribution in [0, 0.1) is 5.92 Å². The van der Waals surface area contributed by atoms with Gasteiger partial charge in [0, 0.05) is 10.5 Å². The predicted molar refractivity (Wildman–Crippen MR) is 71.9 cm³/mol. The number of hydrogen-bond acceptors (Lipinski definition) is 3. The van der Waals surface area contributed by atoms with Crippen LogP contribution >= 0.6 is 15.9 Å². The summed E-state index contributed by atoms with van der Waals surface area (Å²) < 4.78 is 0.674. The minimum atomic E-state index is -0.903. The van der Waals surface area contributed by atoms with E-state index in [1.165, 1.54) is 12.1 Å². The van der Waals surface area contributed by atoms with Crippen molar-refractivity contribution >= 4 is 27.8 Å². The van der Waals surface area contributed by atoms with Crippen LogP contribution in [0.3, 0.4) is 0 Å². The summed E-state index contributed by atoms with van der Waals surface area (Å²) in [6.07, 6.45) is 3.56. The molecule has 19 heavy (non-hydrogen) atoms. The molecule has 0 bridgehead atoms. The number of phenols is 1. The summed E-state index contributed by atoms with van der Waals surface area (Å²) in [6, 6.07) is 4.26. The van der Waals surface area contributed by atoms with Gasteiger partial charge in [0.05, 0.1) is 11.5 Å². The summed E-state index contributed by atoms with van der Waals surface area (Å²) in [5.74, 6) is -2.02. The van der Waals surface area contributed by atoms with Crippen LogP contribution in [0.25, 0.3) is 0 Å². The van der Waals surface area contributed by atoms with Crippen LogP contribution in [0.15, 0.2) is 34.8 Å². The first kappa shape index (κ1) is 13.6. The SMILES string of the molecule is O=C(NC1C=CC(C(=O)O)C1)c1ccc(Br)cc1O. The molecule has 6 heteroatoms. The Labute approximate surface area is 118 Å². The van der Waals surface area contributed by atoms with E-state index in [9.17, 15) is 14.7 Å². The topological polar surface area (TPSA) is 86.6 Å². The predicted octanol–water partition coefficient (Wildman–Crippen LogP) is 1.91. The summed E-state index contributed by atoms with van der Waals surface area (Å²) in [6.45, 7) is 0. The number of aromatic hydroxyl groups is 1. The lowest BCUT2D eigenvalue weighted by Crippen LogP contribution is -2.33. The largest absolute Gasteiger partial charge is 0.507 e. The molecule has 0 aliphatic heterocycles. The van der Waals surface area contributed by atoms with E-state index in [2.05, 4.69) is 21.2 Å². The normalized spacial score (nSPS) is 21.3. The molecular formula is C13H12BrNO4. The monoisotopic (exact) mass is 325 g/mol. The van der Waals surface area contributed by atoms with Gasteiger partial charge in [0.1, 0.15) is 5.75 Å². The molecule has 0 spiro atoms. The molecule has 2 unspecified atom stereocenters. The summed E-state index contributed by atoms with van der Waals surface area (Å²) in [7, 11) is 0. The molecule has 1 aromatic carbocycles. The third-order valence-corrected chi connectivity index (χ3v) is 3.41. The Morgan fingerprint density at radius 2 is 2.05 bits per heavy atom. The maximum Gasteiger partial charge on any atom is 0.310 e. The fourth-order valence-corrected chi connectivity index (χ4v) is 2.28. The molecule has 2 rings (SSSR count). The number of phenolic OH excluding ortho intramolecular Hbond substituents is 1. The highest BCUT2D eigenvalue weighted by molar-refractivity contribution is 9.10. The van der Waals surface area contributed by atoms with Crippen molar-refractivity contribution in [3.05, 3.63) is 40.4 Å². The summed E-state index contributed by atoms with van der Waals surface area (Å²) in [5, 5.41) is 21.2. The van der Waals surface area contributed by atoms with Gasteiger partial charge in [-0.05, 0) is 24.6 Å². The van der Waals surface area contributed by atoms with Gasteiger partial charge in [-0.3, -0.25) is 9.59 Å². The number of carboxylic acid groups (broad SMARTS) is 1. The van der Waals surface area contributed by atoms with Crippen molar-refractivity contribution in [2.75, 3.05) is 0 Å². The van der Waals surface area contributed by atoms with Crippen LogP contribution in [-0.2, 0) is 4.79 Å². The summed E-state index contributed by atoms with van der Waals surface area (Å²) in [4.78, 5) is 22.7. The van der Waals surface area contributed by atoms with E-state index in [0.29, 0.717) is 10.9 Å². The number of nitrogens with one attached hydrogen (secondary N) is 1. The maximum atomic E-state index is 11.9. The van der Waals surface area contributed by atoms with E-state index >= 15 is 0 Å². The molecule has 1 aromatic rings. The first-order chi connectivity index (χ1) is 8.97. The number of benzene rings is 1. The molecular weight excluding hydrogens is 314 g/mol. The zero-order chi connectivity index (χ0) is 14.0. The Morgan fingerprint density at radius 3 is 2.63 bits per heavy atom. The van der Waals surface area contributed by atoms with E-state index in [1.54, 1.807) is 18.2 Å². The van der Waals surface area contributed by atoms with Gasteiger partial charge in [0.15, 0.2) is 0 Å². The second kappa shape index (κ2) is 5.44. The highest BCUT2D eigenvalue weighted by atomic mass is 79.9. The van der Waals surface area contributed by atoms with Gasteiger partial charge in [-0.15, -0.1) is 0 Å². The quantitative estimate of drug-likeness (QED) is 0.741. The van der Waals surface area contributed by atoms with Gasteiger partial charge in [-0.2, -0.15) is 0 Å². The van der Waals surface area contributed by atoms with Gasteiger partial charge in [0.25, 0.3) is 5.91 Å². The molecule has 0 heterocycles. The minimum Gasteiger partial charge on any atom is -0.507 e. The average molecular weight is 326 g/mol. The van der Waals surface area contributed by atoms with E-state index < -0.39 is 17.8 Å². The van der Waals surface area contributed by atoms with Crippen LogP contribution < -0.4 is 5.32 Å². The fraction of sp³-hybridized carbons (Fsp3) is 0.231. The van der Waals surface area contributed by atoms with Gasteiger partial charge in [0.2, 0.25) is 0 Å². The number of aliphatic carboxylic acids is 1. The number of halogens is 1. The smallest absolute Gasteiger partial charge is 0.310 e. The zero-order valence-corrected chi connectivity index (χ0v) is 11.4. The number of carbonyl (C=O) groups is 2. The Balaban J connectivity index is 2.03.